The highest BCUT2D eigenvalue weighted by molar-refractivity contribution is 5.94. The summed E-state index contributed by atoms with van der Waals surface area (Å²) in [6.07, 6.45) is 1.84. The number of hydrogen-bond acceptors (Lipinski definition) is 3. The van der Waals surface area contributed by atoms with Gasteiger partial charge >= 0.3 is 0 Å². The predicted molar refractivity (Wildman–Crippen MR) is 129 cm³/mol. The van der Waals surface area contributed by atoms with Crippen molar-refractivity contribution >= 4 is 5.91 Å². The Hall–Kier alpha value is -3.27. The van der Waals surface area contributed by atoms with Crippen LogP contribution in [0, 0.1) is 0 Å². The van der Waals surface area contributed by atoms with Crippen molar-refractivity contribution in [3.05, 3.63) is 95.1 Å². The molecule has 4 nitrogen and oxygen atoms in total. The van der Waals surface area contributed by atoms with Gasteiger partial charge in [0.05, 0.1) is 7.11 Å². The first-order valence-corrected chi connectivity index (χ1v) is 11.3. The van der Waals surface area contributed by atoms with Gasteiger partial charge in [-0.15, -0.1) is 0 Å². The Morgan fingerprint density at radius 3 is 2.19 bits per heavy atom. The number of nitrogens with zero attached hydrogens (tertiary/aromatic N) is 1. The van der Waals surface area contributed by atoms with E-state index in [0.29, 0.717) is 24.7 Å². The molecule has 0 radical (unpaired) electrons. The molecule has 0 aromatic heterocycles. The van der Waals surface area contributed by atoms with E-state index in [1.807, 2.05) is 77.7 Å². The third-order valence-electron chi connectivity index (χ3n) is 5.81. The van der Waals surface area contributed by atoms with E-state index in [9.17, 15) is 4.79 Å². The van der Waals surface area contributed by atoms with Gasteiger partial charge in [0.15, 0.2) is 11.5 Å². The van der Waals surface area contributed by atoms with Gasteiger partial charge in [-0.2, -0.15) is 0 Å². The van der Waals surface area contributed by atoms with Crippen molar-refractivity contribution in [1.29, 1.82) is 0 Å². The average molecular weight is 432 g/mol. The lowest BCUT2D eigenvalue weighted by Gasteiger charge is -2.29. The van der Waals surface area contributed by atoms with Crippen LogP contribution >= 0.6 is 0 Å². The summed E-state index contributed by atoms with van der Waals surface area (Å²) in [5.41, 5.74) is 4.05. The molecule has 0 N–H and O–H groups in total. The lowest BCUT2D eigenvalue weighted by molar-refractivity contribution is 0.0671. The van der Waals surface area contributed by atoms with Gasteiger partial charge in [0.1, 0.15) is 6.61 Å². The van der Waals surface area contributed by atoms with Gasteiger partial charge in [-0.25, -0.2) is 0 Å². The van der Waals surface area contributed by atoms with Crippen molar-refractivity contribution in [1.82, 2.24) is 4.90 Å². The Balaban J connectivity index is 1.77. The van der Waals surface area contributed by atoms with Crippen LogP contribution in [0.4, 0.5) is 0 Å². The van der Waals surface area contributed by atoms with E-state index in [2.05, 4.69) is 20.8 Å². The molecule has 168 valence electrons. The summed E-state index contributed by atoms with van der Waals surface area (Å²) in [7, 11) is 1.64. The molecule has 3 rings (SSSR count). The lowest BCUT2D eigenvalue weighted by atomic mass is 10.1. The Kier molecular flexibility index (Phi) is 8.32. The second-order valence-corrected chi connectivity index (χ2v) is 8.00. The van der Waals surface area contributed by atoms with E-state index < -0.39 is 0 Å². The van der Waals surface area contributed by atoms with Crippen LogP contribution in [0.15, 0.2) is 72.8 Å². The van der Waals surface area contributed by atoms with Crippen molar-refractivity contribution in [3.63, 3.8) is 0 Å². The van der Waals surface area contributed by atoms with Crippen LogP contribution < -0.4 is 9.47 Å². The number of carbonyl (C=O) groups excluding carboxylic acids is 1. The van der Waals surface area contributed by atoms with Gasteiger partial charge < -0.3 is 14.4 Å². The first-order valence-electron chi connectivity index (χ1n) is 11.3. The first-order chi connectivity index (χ1) is 15.5. The van der Waals surface area contributed by atoms with Gasteiger partial charge in [0.25, 0.3) is 5.91 Å². The van der Waals surface area contributed by atoms with Gasteiger partial charge in [-0.1, -0.05) is 62.4 Å². The average Bonchev–Trinajstić information content (AvgIpc) is 2.86. The maximum atomic E-state index is 13.3. The van der Waals surface area contributed by atoms with E-state index in [-0.39, 0.29) is 11.9 Å². The molecule has 0 aliphatic rings. The number of rotatable bonds is 10. The third kappa shape index (κ3) is 5.91. The summed E-state index contributed by atoms with van der Waals surface area (Å²) in [6, 6.07) is 24.0. The highest BCUT2D eigenvalue weighted by Gasteiger charge is 2.21. The molecule has 1 atom stereocenters. The highest BCUT2D eigenvalue weighted by atomic mass is 16.5. The fourth-order valence-corrected chi connectivity index (χ4v) is 3.56. The number of amides is 1. The summed E-state index contributed by atoms with van der Waals surface area (Å²) in [5.74, 6) is 1.41. The van der Waals surface area contributed by atoms with E-state index in [1.54, 1.807) is 7.11 Å². The Morgan fingerprint density at radius 1 is 0.875 bits per heavy atom. The van der Waals surface area contributed by atoms with Gasteiger partial charge in [0.2, 0.25) is 0 Å². The zero-order valence-corrected chi connectivity index (χ0v) is 19.5. The second kappa shape index (κ2) is 11.4. The molecule has 3 aromatic carbocycles. The number of hydrogen-bond donors (Lipinski definition) is 0. The summed E-state index contributed by atoms with van der Waals surface area (Å²) >= 11 is 0. The number of ether oxygens (including phenoxy) is 2. The van der Waals surface area contributed by atoms with E-state index in [1.165, 1.54) is 5.56 Å². The second-order valence-electron chi connectivity index (χ2n) is 8.00. The zero-order valence-electron chi connectivity index (χ0n) is 19.5. The fraction of sp³-hybridized carbons (Fsp3) is 0.321. The van der Waals surface area contributed by atoms with Crippen LogP contribution in [0.1, 0.15) is 54.2 Å². The monoisotopic (exact) mass is 431 g/mol. The molecule has 0 saturated carbocycles. The highest BCUT2D eigenvalue weighted by Crippen LogP contribution is 2.30. The fourth-order valence-electron chi connectivity index (χ4n) is 3.56. The van der Waals surface area contributed by atoms with Crippen molar-refractivity contribution in [2.24, 2.45) is 0 Å². The molecule has 4 heteroatoms. The van der Waals surface area contributed by atoms with Crippen LogP contribution in [0.3, 0.4) is 0 Å². The molecule has 0 aliphatic carbocycles. The zero-order chi connectivity index (χ0) is 22.9. The predicted octanol–water partition coefficient (Wildman–Crippen LogP) is 6.28. The number of aryl methyl sites for hydroxylation is 1. The Bertz CT molecular complexity index is 999. The Morgan fingerprint density at radius 2 is 1.56 bits per heavy atom. The number of carbonyl (C=O) groups is 1. The minimum Gasteiger partial charge on any atom is -0.493 e. The quantitative estimate of drug-likeness (QED) is 0.379. The maximum absolute atomic E-state index is 13.3. The largest absolute Gasteiger partial charge is 0.493 e. The van der Waals surface area contributed by atoms with Crippen LogP contribution in [-0.2, 0) is 19.6 Å². The molecule has 1 unspecified atom stereocenters. The van der Waals surface area contributed by atoms with Crippen molar-refractivity contribution in [3.8, 4) is 11.5 Å². The summed E-state index contributed by atoms with van der Waals surface area (Å²) in [6.45, 7) is 7.29. The molecule has 1 amide bonds. The summed E-state index contributed by atoms with van der Waals surface area (Å²) in [4.78, 5) is 15.2. The molecule has 0 bridgehead atoms. The molecule has 0 aliphatic heterocycles. The van der Waals surface area contributed by atoms with Crippen LogP contribution in [0.2, 0.25) is 0 Å². The molecular weight excluding hydrogens is 398 g/mol. The van der Waals surface area contributed by atoms with Crippen molar-refractivity contribution in [2.45, 2.75) is 52.8 Å². The van der Waals surface area contributed by atoms with Crippen LogP contribution in [0.25, 0.3) is 0 Å². The van der Waals surface area contributed by atoms with E-state index in [0.717, 1.165) is 29.5 Å². The first kappa shape index (κ1) is 23.4. The normalized spacial score (nSPS) is 11.6. The minimum absolute atomic E-state index is 0.0466. The van der Waals surface area contributed by atoms with Crippen LogP contribution in [-0.4, -0.2) is 24.0 Å². The molecule has 0 spiro atoms. The molecule has 0 fully saturated rings. The summed E-state index contributed by atoms with van der Waals surface area (Å²) < 4.78 is 11.6. The maximum Gasteiger partial charge on any atom is 0.254 e. The smallest absolute Gasteiger partial charge is 0.254 e. The molecule has 0 saturated heterocycles. The molecular formula is C28H33NO3. The van der Waals surface area contributed by atoms with Crippen molar-refractivity contribution in [2.75, 3.05) is 7.11 Å². The van der Waals surface area contributed by atoms with Gasteiger partial charge in [-0.3, -0.25) is 4.79 Å². The standard InChI is InChI=1S/C28H33NO3/c1-5-21(3)29(28(30)25-15-12-22(6-2)13-16-25)19-24-14-17-26(27(18-24)31-4)32-20-23-10-8-7-9-11-23/h7-18,21H,5-6,19-20H2,1-4H3. The third-order valence-corrected chi connectivity index (χ3v) is 5.81. The number of methoxy groups -OCH3 is 1. The van der Waals surface area contributed by atoms with Crippen LogP contribution in [0.5, 0.6) is 11.5 Å². The number of benzene rings is 3. The van der Waals surface area contributed by atoms with E-state index >= 15 is 0 Å². The van der Waals surface area contributed by atoms with Gasteiger partial charge in [0, 0.05) is 18.2 Å². The molecule has 0 heterocycles. The molecule has 32 heavy (non-hydrogen) atoms. The summed E-state index contributed by atoms with van der Waals surface area (Å²) in [5, 5.41) is 0. The SMILES string of the molecule is CCc1ccc(C(=O)N(Cc2ccc(OCc3ccccc3)c(OC)c2)C(C)CC)cc1. The lowest BCUT2D eigenvalue weighted by Crippen LogP contribution is -2.37. The minimum atomic E-state index is 0.0466. The Labute approximate surface area is 191 Å². The van der Waals surface area contributed by atoms with Crippen molar-refractivity contribution < 1.29 is 14.3 Å². The molecule has 3 aromatic rings. The van der Waals surface area contributed by atoms with Gasteiger partial charge in [-0.05, 0) is 60.7 Å². The van der Waals surface area contributed by atoms with E-state index in [4.69, 9.17) is 9.47 Å². The topological polar surface area (TPSA) is 38.8 Å².